The Labute approximate surface area is 129 Å². The number of carbonyl (C=O) groups excluding carboxylic acids is 2. The van der Waals surface area contributed by atoms with E-state index in [-0.39, 0.29) is 48.3 Å². The predicted octanol–water partition coefficient (Wildman–Crippen LogP) is 0.798. The van der Waals surface area contributed by atoms with E-state index in [0.717, 1.165) is 0 Å². The highest BCUT2D eigenvalue weighted by atomic mass is 16.6. The van der Waals surface area contributed by atoms with Crippen LogP contribution in [0.25, 0.3) is 0 Å². The first-order valence-electron chi connectivity index (χ1n) is 8.02. The SMILES string of the molecule is CC(=O)O[C@H]1C[C@]2(C)O[C@@]23C[C@H](O)[C@@H](C)[C@@H]3[C@H]2OC(=O)C[C@@H]21. The number of rotatable bonds is 1. The lowest BCUT2D eigenvalue weighted by atomic mass is 9.78. The average Bonchev–Trinajstić information content (AvgIpc) is 2.69. The molecule has 0 amide bonds. The zero-order valence-electron chi connectivity index (χ0n) is 13.1. The molecular formula is C16H22O6. The summed E-state index contributed by atoms with van der Waals surface area (Å²) in [6, 6.07) is 0. The Morgan fingerprint density at radius 2 is 2.14 bits per heavy atom. The topological polar surface area (TPSA) is 85.4 Å². The third-order valence-electron chi connectivity index (χ3n) is 6.32. The number of esters is 2. The van der Waals surface area contributed by atoms with Crippen LogP contribution in [0.5, 0.6) is 0 Å². The first-order valence-corrected chi connectivity index (χ1v) is 8.02. The second-order valence-electron chi connectivity index (χ2n) is 7.55. The molecule has 2 saturated heterocycles. The molecule has 0 unspecified atom stereocenters. The van der Waals surface area contributed by atoms with Crippen molar-refractivity contribution in [2.24, 2.45) is 17.8 Å². The molecule has 0 aromatic rings. The van der Waals surface area contributed by atoms with Crippen LogP contribution in [-0.2, 0) is 23.8 Å². The molecule has 1 N–H and O–H groups in total. The van der Waals surface area contributed by atoms with Crippen LogP contribution in [0.3, 0.4) is 0 Å². The number of aliphatic hydroxyl groups excluding tert-OH is 1. The molecule has 4 aliphatic rings. The van der Waals surface area contributed by atoms with Crippen LogP contribution in [0.15, 0.2) is 0 Å². The Kier molecular flexibility index (Phi) is 2.78. The van der Waals surface area contributed by atoms with Gasteiger partial charge in [-0.15, -0.1) is 0 Å². The van der Waals surface area contributed by atoms with Crippen LogP contribution in [0.4, 0.5) is 0 Å². The third-order valence-corrected chi connectivity index (χ3v) is 6.32. The first-order chi connectivity index (χ1) is 10.3. The van der Waals surface area contributed by atoms with E-state index in [9.17, 15) is 14.7 Å². The number of carbonyl (C=O) groups is 2. The highest BCUT2D eigenvalue weighted by molar-refractivity contribution is 5.73. The minimum atomic E-state index is -0.450. The summed E-state index contributed by atoms with van der Waals surface area (Å²) in [6.45, 7) is 5.39. The number of fused-ring (bicyclic) bond motifs is 2. The van der Waals surface area contributed by atoms with Crippen molar-refractivity contribution in [1.82, 2.24) is 0 Å². The molecule has 6 heteroatoms. The quantitative estimate of drug-likeness (QED) is 0.569. The maximum Gasteiger partial charge on any atom is 0.306 e. The van der Waals surface area contributed by atoms with E-state index >= 15 is 0 Å². The largest absolute Gasteiger partial charge is 0.462 e. The summed E-state index contributed by atoms with van der Waals surface area (Å²) < 4.78 is 17.2. The first kappa shape index (κ1) is 14.5. The van der Waals surface area contributed by atoms with Crippen molar-refractivity contribution in [3.8, 4) is 0 Å². The molecule has 22 heavy (non-hydrogen) atoms. The highest BCUT2D eigenvalue weighted by Gasteiger charge is 2.79. The van der Waals surface area contributed by atoms with Gasteiger partial charge in [-0.3, -0.25) is 9.59 Å². The van der Waals surface area contributed by atoms with Crippen molar-refractivity contribution in [3.05, 3.63) is 0 Å². The van der Waals surface area contributed by atoms with Crippen LogP contribution in [-0.4, -0.2) is 46.6 Å². The lowest BCUT2D eigenvalue weighted by Crippen LogP contribution is -2.40. The molecule has 2 saturated carbocycles. The van der Waals surface area contributed by atoms with E-state index < -0.39 is 17.3 Å². The molecule has 0 radical (unpaired) electrons. The second kappa shape index (κ2) is 4.23. The van der Waals surface area contributed by atoms with E-state index in [0.29, 0.717) is 12.8 Å². The van der Waals surface area contributed by atoms with Crippen LogP contribution < -0.4 is 0 Å². The van der Waals surface area contributed by atoms with E-state index in [1.54, 1.807) is 0 Å². The molecule has 4 rings (SSSR count). The van der Waals surface area contributed by atoms with Gasteiger partial charge in [0.15, 0.2) is 0 Å². The summed E-state index contributed by atoms with van der Waals surface area (Å²) in [5.41, 5.74) is -0.867. The molecule has 8 atom stereocenters. The van der Waals surface area contributed by atoms with Crippen molar-refractivity contribution in [2.75, 3.05) is 0 Å². The minimum Gasteiger partial charge on any atom is -0.462 e. The van der Waals surface area contributed by atoms with Gasteiger partial charge in [-0.05, 0) is 12.8 Å². The number of epoxide rings is 1. The lowest BCUT2D eigenvalue weighted by molar-refractivity contribution is -0.153. The van der Waals surface area contributed by atoms with E-state index in [2.05, 4.69) is 0 Å². The molecule has 2 aliphatic carbocycles. The van der Waals surface area contributed by atoms with E-state index in [1.807, 2.05) is 13.8 Å². The zero-order chi connectivity index (χ0) is 15.9. The number of hydrogen-bond acceptors (Lipinski definition) is 6. The fourth-order valence-electron chi connectivity index (χ4n) is 5.29. The maximum atomic E-state index is 11.9. The average molecular weight is 310 g/mol. The number of hydrogen-bond donors (Lipinski definition) is 1. The van der Waals surface area contributed by atoms with E-state index in [4.69, 9.17) is 14.2 Å². The van der Waals surface area contributed by atoms with Gasteiger partial charge in [0.1, 0.15) is 17.8 Å². The number of ether oxygens (including phenoxy) is 3. The lowest BCUT2D eigenvalue weighted by Gasteiger charge is -2.31. The monoisotopic (exact) mass is 310 g/mol. The maximum absolute atomic E-state index is 11.9. The van der Waals surface area contributed by atoms with Crippen molar-refractivity contribution in [2.45, 2.75) is 69.5 Å². The molecule has 0 aromatic carbocycles. The Hall–Kier alpha value is -1.14. The fourth-order valence-corrected chi connectivity index (χ4v) is 5.29. The molecular weight excluding hydrogens is 288 g/mol. The molecule has 2 aliphatic heterocycles. The van der Waals surface area contributed by atoms with Gasteiger partial charge in [-0.1, -0.05) is 6.92 Å². The Bertz CT molecular complexity index is 547. The summed E-state index contributed by atoms with van der Waals surface area (Å²) in [7, 11) is 0. The standard InChI is InChI=1S/C16H22O6/c1-7-10(18)5-16-13(7)14-9(4-12(19)21-14)11(20-8(2)17)6-15(16,3)22-16/h7,9-11,13-14,18H,4-6H2,1-3H3/t7-,9-,10+,11+,13-,14+,15+,16-/m1/s1. The zero-order valence-corrected chi connectivity index (χ0v) is 13.1. The molecule has 1 spiro atoms. The molecule has 0 aromatic heterocycles. The molecule has 4 fully saturated rings. The predicted molar refractivity (Wildman–Crippen MR) is 73.7 cm³/mol. The van der Waals surface area contributed by atoms with Gasteiger partial charge < -0.3 is 19.3 Å². The molecule has 6 nitrogen and oxygen atoms in total. The van der Waals surface area contributed by atoms with Crippen molar-refractivity contribution in [1.29, 1.82) is 0 Å². The minimum absolute atomic E-state index is 0.00342. The molecule has 2 heterocycles. The normalized spacial score (nSPS) is 55.5. The van der Waals surface area contributed by atoms with Gasteiger partial charge in [-0.25, -0.2) is 0 Å². The summed E-state index contributed by atoms with van der Waals surface area (Å²) in [5, 5.41) is 10.3. The Balaban J connectivity index is 1.75. The second-order valence-corrected chi connectivity index (χ2v) is 7.55. The summed E-state index contributed by atoms with van der Waals surface area (Å²) >= 11 is 0. The van der Waals surface area contributed by atoms with Gasteiger partial charge in [0, 0.05) is 31.6 Å². The van der Waals surface area contributed by atoms with Crippen molar-refractivity contribution in [3.63, 3.8) is 0 Å². The van der Waals surface area contributed by atoms with Crippen LogP contribution >= 0.6 is 0 Å². The Morgan fingerprint density at radius 1 is 1.41 bits per heavy atom. The van der Waals surface area contributed by atoms with Crippen LogP contribution in [0.1, 0.15) is 40.0 Å². The van der Waals surface area contributed by atoms with Gasteiger partial charge in [-0.2, -0.15) is 0 Å². The Morgan fingerprint density at radius 3 is 2.82 bits per heavy atom. The summed E-state index contributed by atoms with van der Waals surface area (Å²) in [5.74, 6) is -0.776. The molecule has 0 bridgehead atoms. The fraction of sp³-hybridized carbons (Fsp3) is 0.875. The third kappa shape index (κ3) is 1.68. The van der Waals surface area contributed by atoms with Crippen molar-refractivity contribution >= 4 is 11.9 Å². The van der Waals surface area contributed by atoms with Gasteiger partial charge in [0.05, 0.1) is 18.1 Å². The highest BCUT2D eigenvalue weighted by Crippen LogP contribution is 2.68. The van der Waals surface area contributed by atoms with E-state index in [1.165, 1.54) is 6.92 Å². The van der Waals surface area contributed by atoms with Gasteiger partial charge >= 0.3 is 11.9 Å². The van der Waals surface area contributed by atoms with Crippen LogP contribution in [0.2, 0.25) is 0 Å². The van der Waals surface area contributed by atoms with Gasteiger partial charge in [0.2, 0.25) is 0 Å². The number of aliphatic hydroxyl groups is 1. The molecule has 122 valence electrons. The van der Waals surface area contributed by atoms with Crippen LogP contribution in [0, 0.1) is 17.8 Å². The summed E-state index contributed by atoms with van der Waals surface area (Å²) in [4.78, 5) is 23.3. The van der Waals surface area contributed by atoms with Crippen molar-refractivity contribution < 1.29 is 28.9 Å². The smallest absolute Gasteiger partial charge is 0.306 e. The van der Waals surface area contributed by atoms with Gasteiger partial charge in [0.25, 0.3) is 0 Å². The summed E-state index contributed by atoms with van der Waals surface area (Å²) in [6.07, 6.45) is 0.232.